The largest absolute Gasteiger partial charge is 0.385 e. The fourth-order valence-electron chi connectivity index (χ4n) is 5.37. The Labute approximate surface area is 251 Å². The number of nitrogens with one attached hydrogen (secondary N) is 4. The molecule has 6 N–H and O–H groups in total. The monoisotopic (exact) mass is 583 g/mol. The molecule has 10 nitrogen and oxygen atoms in total. The molecule has 0 amide bonds. The number of thiocarbonyl (C=S) groups is 1. The van der Waals surface area contributed by atoms with Gasteiger partial charge in [-0.1, -0.05) is 43.5 Å². The summed E-state index contributed by atoms with van der Waals surface area (Å²) in [4.78, 5) is 13.6. The van der Waals surface area contributed by atoms with Crippen LogP contribution in [0.25, 0.3) is 0 Å². The number of benzene rings is 1. The Hall–Kier alpha value is -2.73. The molecule has 1 aliphatic carbocycles. The number of ether oxygens (including phenoxy) is 1. The zero-order chi connectivity index (χ0) is 28.7. The first-order valence-corrected chi connectivity index (χ1v) is 15.7. The van der Waals surface area contributed by atoms with Crippen LogP contribution in [0.5, 0.6) is 0 Å². The normalized spacial score (nSPS) is 16.1. The standard InChI is InChI=1S/C30H49N9OS/c1-40-20-6-15-34-30(41)39-18-16-38(17-19-39)28-21-27(31)36-29(37-28)35-23-25-11-9-24(10-12-25)22-32-13-5-14-33-26-7-3-2-4-8-26/h9-12,21,26,32-33H,2-8,13-20,22-23H2,1H3,(H,34,41)(H3,31,35,36,37). The lowest BCUT2D eigenvalue weighted by molar-refractivity contribution is 0.195. The van der Waals surface area contributed by atoms with E-state index in [0.717, 1.165) is 88.8 Å². The van der Waals surface area contributed by atoms with Gasteiger partial charge in [-0.3, -0.25) is 0 Å². The Morgan fingerprint density at radius 1 is 0.951 bits per heavy atom. The molecule has 1 saturated heterocycles. The summed E-state index contributed by atoms with van der Waals surface area (Å²) in [6, 6.07) is 11.3. The molecule has 1 aromatic heterocycles. The topological polar surface area (TPSA) is 116 Å². The molecule has 11 heteroatoms. The van der Waals surface area contributed by atoms with Gasteiger partial charge in [-0.25, -0.2) is 0 Å². The van der Waals surface area contributed by atoms with E-state index in [2.05, 4.69) is 60.3 Å². The summed E-state index contributed by atoms with van der Waals surface area (Å²) in [5.41, 5.74) is 8.62. The van der Waals surface area contributed by atoms with Gasteiger partial charge in [0.05, 0.1) is 0 Å². The highest BCUT2D eigenvalue weighted by Crippen LogP contribution is 2.19. The molecule has 1 aliphatic heterocycles. The molecule has 0 unspecified atom stereocenters. The van der Waals surface area contributed by atoms with Crippen molar-refractivity contribution in [2.45, 2.75) is 64.1 Å². The van der Waals surface area contributed by atoms with Crippen molar-refractivity contribution in [2.75, 3.05) is 75.5 Å². The van der Waals surface area contributed by atoms with Crippen LogP contribution in [0, 0.1) is 0 Å². The summed E-state index contributed by atoms with van der Waals surface area (Å²) in [5, 5.41) is 14.8. The van der Waals surface area contributed by atoms with E-state index in [0.29, 0.717) is 18.3 Å². The Morgan fingerprint density at radius 2 is 1.68 bits per heavy atom. The molecule has 2 heterocycles. The third-order valence-corrected chi connectivity index (χ3v) is 8.20. The molecule has 1 saturated carbocycles. The SMILES string of the molecule is COCCCNC(=S)N1CCN(c2cc(N)nc(NCc3ccc(CNCCCNC4CCCCC4)cc3)n2)CC1. The maximum absolute atomic E-state index is 6.14. The van der Waals surface area contributed by atoms with Gasteiger partial charge in [0.15, 0.2) is 5.11 Å². The Morgan fingerprint density at radius 3 is 2.41 bits per heavy atom. The number of hydrogen-bond acceptors (Lipinski definition) is 9. The fourth-order valence-corrected chi connectivity index (χ4v) is 5.66. The number of methoxy groups -OCH3 is 1. The molecule has 0 atom stereocenters. The lowest BCUT2D eigenvalue weighted by atomic mass is 9.95. The van der Waals surface area contributed by atoms with E-state index < -0.39 is 0 Å². The molecule has 0 spiro atoms. The number of aromatic nitrogens is 2. The van der Waals surface area contributed by atoms with Gasteiger partial charge in [-0.05, 0) is 62.1 Å². The lowest BCUT2D eigenvalue weighted by Crippen LogP contribution is -2.52. The van der Waals surface area contributed by atoms with Gasteiger partial charge in [0, 0.05) is 71.6 Å². The summed E-state index contributed by atoms with van der Waals surface area (Å²) in [5.74, 6) is 1.85. The first-order valence-electron chi connectivity index (χ1n) is 15.3. The van der Waals surface area contributed by atoms with E-state index in [9.17, 15) is 0 Å². The minimum Gasteiger partial charge on any atom is -0.385 e. The van der Waals surface area contributed by atoms with Crippen LogP contribution in [0.15, 0.2) is 30.3 Å². The maximum atomic E-state index is 6.14. The van der Waals surface area contributed by atoms with Crippen molar-refractivity contribution in [2.24, 2.45) is 0 Å². The van der Waals surface area contributed by atoms with Crippen LogP contribution in [0.4, 0.5) is 17.6 Å². The number of nitrogen functional groups attached to an aromatic ring is 1. The van der Waals surface area contributed by atoms with Crippen molar-refractivity contribution in [3.05, 3.63) is 41.5 Å². The zero-order valence-electron chi connectivity index (χ0n) is 24.7. The van der Waals surface area contributed by atoms with Gasteiger partial charge in [0.2, 0.25) is 5.95 Å². The first-order chi connectivity index (χ1) is 20.1. The highest BCUT2D eigenvalue weighted by atomic mass is 32.1. The van der Waals surface area contributed by atoms with Crippen LogP contribution in [-0.2, 0) is 17.8 Å². The van der Waals surface area contributed by atoms with E-state index in [1.807, 2.05) is 6.07 Å². The molecule has 2 aromatic rings. The quantitative estimate of drug-likeness (QED) is 0.157. The van der Waals surface area contributed by atoms with Crippen LogP contribution in [0.3, 0.4) is 0 Å². The number of nitrogens with zero attached hydrogens (tertiary/aromatic N) is 4. The molecule has 1 aromatic carbocycles. The predicted molar refractivity (Wildman–Crippen MR) is 172 cm³/mol. The van der Waals surface area contributed by atoms with Gasteiger partial charge in [-0.15, -0.1) is 0 Å². The number of rotatable bonds is 15. The van der Waals surface area contributed by atoms with Crippen LogP contribution in [0.2, 0.25) is 0 Å². The summed E-state index contributed by atoms with van der Waals surface area (Å²) < 4.78 is 5.10. The second kappa shape index (κ2) is 17.3. The molecule has 41 heavy (non-hydrogen) atoms. The molecule has 4 rings (SSSR count). The maximum Gasteiger partial charge on any atom is 0.226 e. The predicted octanol–water partition coefficient (Wildman–Crippen LogP) is 3.11. The van der Waals surface area contributed by atoms with Crippen LogP contribution < -0.4 is 31.9 Å². The second-order valence-electron chi connectivity index (χ2n) is 11.0. The summed E-state index contributed by atoms with van der Waals surface area (Å²) in [6.45, 7) is 8.53. The van der Waals surface area contributed by atoms with E-state index >= 15 is 0 Å². The van der Waals surface area contributed by atoms with E-state index in [1.54, 1.807) is 7.11 Å². The smallest absolute Gasteiger partial charge is 0.226 e. The van der Waals surface area contributed by atoms with Crippen LogP contribution in [0.1, 0.15) is 56.1 Å². The van der Waals surface area contributed by atoms with E-state index in [4.69, 9.17) is 27.7 Å². The summed E-state index contributed by atoms with van der Waals surface area (Å²) >= 11 is 5.56. The Balaban J connectivity index is 1.15. The van der Waals surface area contributed by atoms with Gasteiger partial charge in [0.1, 0.15) is 11.6 Å². The molecule has 2 aliphatic rings. The highest BCUT2D eigenvalue weighted by Gasteiger charge is 2.21. The third kappa shape index (κ3) is 10.9. The molecular formula is C30H49N9OS. The Bertz CT molecular complexity index is 1040. The van der Waals surface area contributed by atoms with Gasteiger partial charge >= 0.3 is 0 Å². The van der Waals surface area contributed by atoms with Crippen molar-refractivity contribution in [1.82, 2.24) is 30.8 Å². The fraction of sp³-hybridized carbons (Fsp3) is 0.633. The molecule has 0 bridgehead atoms. The molecule has 226 valence electrons. The first kappa shape index (κ1) is 31.2. The van der Waals surface area contributed by atoms with Gasteiger partial charge in [0.25, 0.3) is 0 Å². The average molecular weight is 584 g/mol. The van der Waals surface area contributed by atoms with Gasteiger partial charge in [-0.2, -0.15) is 9.97 Å². The minimum atomic E-state index is 0.464. The highest BCUT2D eigenvalue weighted by molar-refractivity contribution is 7.80. The van der Waals surface area contributed by atoms with E-state index in [1.165, 1.54) is 43.2 Å². The molecule has 2 fully saturated rings. The summed E-state index contributed by atoms with van der Waals surface area (Å²) in [7, 11) is 1.72. The molecular weight excluding hydrogens is 534 g/mol. The summed E-state index contributed by atoms with van der Waals surface area (Å²) in [6.07, 6.45) is 8.98. The average Bonchev–Trinajstić information content (AvgIpc) is 3.01. The lowest BCUT2D eigenvalue weighted by Gasteiger charge is -2.37. The minimum absolute atomic E-state index is 0.464. The molecule has 0 radical (unpaired) electrons. The zero-order valence-corrected chi connectivity index (χ0v) is 25.5. The van der Waals surface area contributed by atoms with Crippen molar-refractivity contribution >= 4 is 34.9 Å². The van der Waals surface area contributed by atoms with Crippen molar-refractivity contribution in [3.8, 4) is 0 Å². The Kier molecular flexibility index (Phi) is 13.2. The number of anilines is 3. The van der Waals surface area contributed by atoms with Crippen LogP contribution in [-0.4, -0.2) is 85.6 Å². The van der Waals surface area contributed by atoms with Crippen molar-refractivity contribution < 1.29 is 4.74 Å². The van der Waals surface area contributed by atoms with Crippen molar-refractivity contribution in [3.63, 3.8) is 0 Å². The second-order valence-corrected chi connectivity index (χ2v) is 11.4. The van der Waals surface area contributed by atoms with E-state index in [-0.39, 0.29) is 0 Å². The third-order valence-electron chi connectivity index (χ3n) is 7.80. The van der Waals surface area contributed by atoms with Crippen molar-refractivity contribution in [1.29, 1.82) is 0 Å². The van der Waals surface area contributed by atoms with Gasteiger partial charge < -0.3 is 41.5 Å². The number of hydrogen-bond donors (Lipinski definition) is 5. The number of nitrogens with two attached hydrogens (primary N) is 1. The number of piperazine rings is 1. The van der Waals surface area contributed by atoms with Crippen LogP contribution >= 0.6 is 12.2 Å².